The van der Waals surface area contributed by atoms with E-state index in [1.807, 2.05) is 0 Å². The second kappa shape index (κ2) is 13.1. The molecule has 0 nitrogen and oxygen atoms in total. The van der Waals surface area contributed by atoms with E-state index in [9.17, 15) is 0 Å². The summed E-state index contributed by atoms with van der Waals surface area (Å²) in [6, 6.07) is 16.5. The van der Waals surface area contributed by atoms with Gasteiger partial charge < -0.3 is 22.3 Å². The molecule has 3 heteroatoms. The molecule has 3 aromatic carbocycles. The van der Waals surface area contributed by atoms with Crippen LogP contribution in [0.5, 0.6) is 0 Å². The topological polar surface area (TPSA) is 0 Å². The minimum atomic E-state index is -1.34. The number of aryl methyl sites for hydroxylation is 2. The Morgan fingerprint density at radius 1 is 0.727 bits per heavy atom. The van der Waals surface area contributed by atoms with Gasteiger partial charge in [0.15, 0.2) is 0 Å². The molecule has 0 aliphatic rings. The Kier molecular flexibility index (Phi) is 13.6. The van der Waals surface area contributed by atoms with Gasteiger partial charge in [-0.15, -0.1) is 5.56 Å². The van der Waals surface area contributed by atoms with Crippen LogP contribution in [0.4, 0.5) is 0 Å². The minimum absolute atomic E-state index is 0. The van der Waals surface area contributed by atoms with Crippen molar-refractivity contribution >= 4 is 28.0 Å². The fraction of sp³-hybridized carbons (Fsp3) is 0.333. The van der Waals surface area contributed by atoms with Crippen molar-refractivity contribution in [2.75, 3.05) is 0 Å². The predicted molar refractivity (Wildman–Crippen MR) is 153 cm³/mol. The third-order valence-corrected chi connectivity index (χ3v) is 9.97. The second-order valence-corrected chi connectivity index (χ2v) is 16.3. The van der Waals surface area contributed by atoms with Crippen molar-refractivity contribution in [2.45, 2.75) is 66.7 Å². The maximum absolute atomic E-state index is 2.51. The van der Waals surface area contributed by atoms with Gasteiger partial charge in [0, 0.05) is 0 Å². The van der Waals surface area contributed by atoms with Crippen molar-refractivity contribution in [2.24, 2.45) is 0 Å². The summed E-state index contributed by atoms with van der Waals surface area (Å²) in [7, 11) is -0.593. The fourth-order valence-corrected chi connectivity index (χ4v) is 7.52. The molecule has 0 saturated carbocycles. The summed E-state index contributed by atoms with van der Waals surface area (Å²) in [4.78, 5) is 0. The smallest absolute Gasteiger partial charge is 0.358 e. The van der Waals surface area contributed by atoms with Gasteiger partial charge in [-0.05, 0) is 19.4 Å². The molecule has 0 bridgehead atoms. The first-order valence-electron chi connectivity index (χ1n) is 10.7. The van der Waals surface area contributed by atoms with Crippen molar-refractivity contribution in [3.05, 3.63) is 109 Å². The standard InChI is InChI=1S/C27H35Si2.3CH3.Ti/c1-17-11-10-12-23(13-17)27(26-21(5)19(3)20(4)22(26)6)28-24-14-18(2)15-25(16-24)29(7,8)9;;;;/h10-16,27H,1-9H3;3*1H3;/q4*-1;+4. The van der Waals surface area contributed by atoms with Crippen LogP contribution < -0.4 is 10.4 Å². The van der Waals surface area contributed by atoms with E-state index in [4.69, 9.17) is 0 Å². The van der Waals surface area contributed by atoms with Crippen LogP contribution in [0.1, 0.15) is 50.0 Å². The molecule has 1 unspecified atom stereocenters. The number of hydrogen-bond acceptors (Lipinski definition) is 0. The van der Waals surface area contributed by atoms with Gasteiger partial charge in [-0.25, -0.2) is 0 Å². The Morgan fingerprint density at radius 2 is 1.27 bits per heavy atom. The van der Waals surface area contributed by atoms with E-state index in [0.29, 0.717) is 5.54 Å². The summed E-state index contributed by atoms with van der Waals surface area (Å²) in [6.45, 7) is 21.0. The van der Waals surface area contributed by atoms with E-state index >= 15 is 0 Å². The van der Waals surface area contributed by atoms with Gasteiger partial charge in [0.05, 0.1) is 17.6 Å². The summed E-state index contributed by atoms with van der Waals surface area (Å²) in [5, 5.41) is 3.08. The molecule has 0 heterocycles. The molecule has 1 atom stereocenters. The molecule has 0 aliphatic carbocycles. The van der Waals surface area contributed by atoms with E-state index in [1.165, 1.54) is 44.1 Å². The van der Waals surface area contributed by atoms with Gasteiger partial charge in [-0.3, -0.25) is 0 Å². The van der Waals surface area contributed by atoms with Gasteiger partial charge in [0.1, 0.15) is 0 Å². The Labute approximate surface area is 224 Å². The summed E-state index contributed by atoms with van der Waals surface area (Å²) in [6.07, 6.45) is 0. The van der Waals surface area contributed by atoms with E-state index in [1.54, 1.807) is 10.8 Å². The van der Waals surface area contributed by atoms with Crippen molar-refractivity contribution in [3.8, 4) is 0 Å². The van der Waals surface area contributed by atoms with Crippen LogP contribution in [0.3, 0.4) is 0 Å². The molecule has 33 heavy (non-hydrogen) atoms. The summed E-state index contributed by atoms with van der Waals surface area (Å²) in [5.74, 6) is 0. The summed E-state index contributed by atoms with van der Waals surface area (Å²) < 4.78 is 0. The van der Waals surface area contributed by atoms with Crippen molar-refractivity contribution in [1.82, 2.24) is 0 Å². The molecule has 176 valence electrons. The first-order valence-corrected chi connectivity index (χ1v) is 15.2. The first-order chi connectivity index (χ1) is 13.5. The van der Waals surface area contributed by atoms with Crippen LogP contribution in [0.2, 0.25) is 19.6 Å². The minimum Gasteiger partial charge on any atom is -0.358 e. The Balaban J connectivity index is 0. The molecule has 0 fully saturated rings. The monoisotopic (exact) mass is 508 g/mol. The number of benzene rings is 2. The van der Waals surface area contributed by atoms with Gasteiger partial charge in [0.25, 0.3) is 0 Å². The molecule has 3 aromatic rings. The molecule has 3 rings (SSSR count). The third-order valence-electron chi connectivity index (χ3n) is 6.41. The second-order valence-electron chi connectivity index (χ2n) is 9.74. The zero-order valence-corrected chi connectivity index (χ0v) is 26.7. The van der Waals surface area contributed by atoms with Crippen molar-refractivity contribution < 1.29 is 21.7 Å². The molecule has 0 amide bonds. The Morgan fingerprint density at radius 3 is 1.76 bits per heavy atom. The first kappa shape index (κ1) is 34.1. The quantitative estimate of drug-likeness (QED) is 0.251. The van der Waals surface area contributed by atoms with E-state index in [0.717, 1.165) is 9.52 Å². The molecule has 0 saturated heterocycles. The molecule has 0 spiro atoms. The largest absolute Gasteiger partial charge is 4.00 e. The zero-order chi connectivity index (χ0) is 21.5. The molecular weight excluding hydrogens is 464 g/mol. The van der Waals surface area contributed by atoms with Gasteiger partial charge in [-0.1, -0.05) is 117 Å². The van der Waals surface area contributed by atoms with E-state index < -0.39 is 8.07 Å². The van der Waals surface area contributed by atoms with Crippen LogP contribution in [0.25, 0.3) is 0 Å². The zero-order valence-electron chi connectivity index (χ0n) is 23.1. The van der Waals surface area contributed by atoms with Gasteiger partial charge in [0.2, 0.25) is 0 Å². The molecule has 0 aromatic heterocycles. The third kappa shape index (κ3) is 7.46. The molecule has 0 aliphatic heterocycles. The molecule has 2 radical (unpaired) electrons. The number of hydrogen-bond donors (Lipinski definition) is 0. The SMILES string of the molecule is Cc1cccc(C([Si]c2cc(C)cc([Si](C)(C)C)c2)[c-]2c(C)c(C)c(C)c2C)c1.[CH3-].[CH3-].[CH3-].[Ti+4]. The number of rotatable bonds is 5. The molecule has 0 N–H and O–H groups in total. The van der Waals surface area contributed by atoms with Crippen LogP contribution in [0, 0.1) is 63.8 Å². The van der Waals surface area contributed by atoms with Crippen molar-refractivity contribution in [3.63, 3.8) is 0 Å². The average molecular weight is 509 g/mol. The average Bonchev–Trinajstić information content (AvgIpc) is 2.82. The normalized spacial score (nSPS) is 11.4. The van der Waals surface area contributed by atoms with Gasteiger partial charge >= 0.3 is 21.7 Å². The maximum Gasteiger partial charge on any atom is 4.00 e. The van der Waals surface area contributed by atoms with Gasteiger partial charge in [-0.2, -0.15) is 22.3 Å². The maximum atomic E-state index is 2.51. The van der Waals surface area contributed by atoms with Crippen LogP contribution in [-0.4, -0.2) is 17.6 Å². The predicted octanol–water partition coefficient (Wildman–Crippen LogP) is 7.27. The Hall–Kier alpha value is -1.06. The Bertz CT molecular complexity index is 1010. The fourth-order valence-electron chi connectivity index (χ4n) is 4.32. The van der Waals surface area contributed by atoms with E-state index in [-0.39, 0.29) is 44.0 Å². The van der Waals surface area contributed by atoms with Crippen LogP contribution in [-0.2, 0) is 21.7 Å². The van der Waals surface area contributed by atoms with Crippen LogP contribution in [0.15, 0.2) is 42.5 Å². The summed E-state index contributed by atoms with van der Waals surface area (Å²) in [5.41, 5.74) is 12.1. The van der Waals surface area contributed by atoms with Crippen molar-refractivity contribution in [1.29, 1.82) is 0 Å². The molecular formula is C30H44Si2Ti. The summed E-state index contributed by atoms with van der Waals surface area (Å²) >= 11 is 0. The van der Waals surface area contributed by atoms with Crippen LogP contribution >= 0.6 is 0 Å². The van der Waals surface area contributed by atoms with E-state index in [2.05, 4.69) is 104 Å².